The number of nitrogens with one attached hydrogen (secondary N) is 1. The lowest BCUT2D eigenvalue weighted by atomic mass is 9.78. The first-order valence-electron chi connectivity index (χ1n) is 6.69. The minimum atomic E-state index is -1.01. The van der Waals surface area contributed by atoms with Gasteiger partial charge in [0.05, 0.1) is 6.10 Å². The number of aliphatic carboxylic acids is 1. The van der Waals surface area contributed by atoms with E-state index < -0.39 is 11.5 Å². The largest absolute Gasteiger partial charge is 0.479 e. The third kappa shape index (κ3) is 2.73. The van der Waals surface area contributed by atoms with Crippen LogP contribution in [0, 0.1) is 6.92 Å². The van der Waals surface area contributed by atoms with E-state index in [1.165, 1.54) is 0 Å². The second kappa shape index (κ2) is 5.61. The van der Waals surface area contributed by atoms with Gasteiger partial charge in [0, 0.05) is 12.8 Å². The number of ether oxygens (including phenoxy) is 1. The molecule has 2 atom stereocenters. The molecule has 4 heteroatoms. The molecular weight excluding hydrogens is 242 g/mol. The molecule has 1 fully saturated rings. The maximum Gasteiger partial charge on any atom is 0.332 e. The molecule has 4 nitrogen and oxygen atoms in total. The molecule has 0 amide bonds. The standard InChI is InChI=1S/C15H21NO3/c1-11-6-8-12(9-7-11)16-15(14(17)18)10-4-3-5-13(15)19-2/h6-9,13,16H,3-5,10H2,1-2H3,(H,17,18). The van der Waals surface area contributed by atoms with E-state index in [2.05, 4.69) is 5.32 Å². The van der Waals surface area contributed by atoms with Crippen molar-refractivity contribution >= 4 is 11.7 Å². The van der Waals surface area contributed by atoms with Crippen LogP contribution in [-0.2, 0) is 9.53 Å². The van der Waals surface area contributed by atoms with Gasteiger partial charge < -0.3 is 15.2 Å². The summed E-state index contributed by atoms with van der Waals surface area (Å²) < 4.78 is 5.42. The number of carboxylic acids is 1. The number of anilines is 1. The first kappa shape index (κ1) is 13.9. The zero-order valence-electron chi connectivity index (χ0n) is 11.5. The van der Waals surface area contributed by atoms with Crippen molar-refractivity contribution in [2.45, 2.75) is 44.2 Å². The Morgan fingerprint density at radius 3 is 2.63 bits per heavy atom. The van der Waals surface area contributed by atoms with Crippen molar-refractivity contribution in [3.8, 4) is 0 Å². The predicted octanol–water partition coefficient (Wildman–Crippen LogP) is 2.82. The van der Waals surface area contributed by atoms with E-state index in [1.54, 1.807) is 7.11 Å². The van der Waals surface area contributed by atoms with E-state index in [1.807, 2.05) is 31.2 Å². The van der Waals surface area contributed by atoms with Crippen LogP contribution >= 0.6 is 0 Å². The summed E-state index contributed by atoms with van der Waals surface area (Å²) in [5.41, 5.74) is 0.973. The van der Waals surface area contributed by atoms with Gasteiger partial charge in [0.15, 0.2) is 5.54 Å². The van der Waals surface area contributed by atoms with E-state index in [0.29, 0.717) is 6.42 Å². The molecule has 1 aromatic carbocycles. The number of methoxy groups -OCH3 is 1. The Hall–Kier alpha value is -1.55. The maximum atomic E-state index is 11.8. The molecule has 19 heavy (non-hydrogen) atoms. The summed E-state index contributed by atoms with van der Waals surface area (Å²) in [6, 6.07) is 7.79. The molecule has 2 N–H and O–H groups in total. The van der Waals surface area contributed by atoms with Crippen molar-refractivity contribution in [2.24, 2.45) is 0 Å². The Morgan fingerprint density at radius 2 is 2.05 bits per heavy atom. The molecule has 1 aliphatic carbocycles. The topological polar surface area (TPSA) is 58.6 Å². The molecule has 2 unspecified atom stereocenters. The number of hydrogen-bond donors (Lipinski definition) is 2. The highest BCUT2D eigenvalue weighted by Crippen LogP contribution is 2.34. The van der Waals surface area contributed by atoms with Crippen molar-refractivity contribution in [3.63, 3.8) is 0 Å². The summed E-state index contributed by atoms with van der Waals surface area (Å²) in [7, 11) is 1.59. The number of carbonyl (C=O) groups is 1. The Morgan fingerprint density at radius 1 is 1.37 bits per heavy atom. The van der Waals surface area contributed by atoms with Crippen molar-refractivity contribution in [2.75, 3.05) is 12.4 Å². The lowest BCUT2D eigenvalue weighted by Crippen LogP contribution is -2.58. The Kier molecular flexibility index (Phi) is 4.10. The third-order valence-corrected chi connectivity index (χ3v) is 3.92. The van der Waals surface area contributed by atoms with Gasteiger partial charge in [-0.2, -0.15) is 0 Å². The summed E-state index contributed by atoms with van der Waals surface area (Å²) in [5.74, 6) is -0.834. The quantitative estimate of drug-likeness (QED) is 0.877. The Bertz CT molecular complexity index is 443. The normalized spacial score (nSPS) is 26.9. The lowest BCUT2D eigenvalue weighted by Gasteiger charge is -2.41. The van der Waals surface area contributed by atoms with Crippen LogP contribution in [0.2, 0.25) is 0 Å². The average Bonchev–Trinajstić information content (AvgIpc) is 2.41. The highest BCUT2D eigenvalue weighted by molar-refractivity contribution is 5.84. The highest BCUT2D eigenvalue weighted by Gasteiger charge is 2.48. The molecule has 0 bridgehead atoms. The number of aryl methyl sites for hydroxylation is 1. The zero-order chi connectivity index (χ0) is 13.9. The number of rotatable bonds is 4. The van der Waals surface area contributed by atoms with Crippen molar-refractivity contribution < 1.29 is 14.6 Å². The van der Waals surface area contributed by atoms with Crippen LogP contribution < -0.4 is 5.32 Å². The van der Waals surface area contributed by atoms with Crippen LogP contribution in [0.4, 0.5) is 5.69 Å². The van der Waals surface area contributed by atoms with Gasteiger partial charge in [-0.25, -0.2) is 4.79 Å². The molecule has 1 saturated carbocycles. The van der Waals surface area contributed by atoms with Gasteiger partial charge >= 0.3 is 5.97 Å². The van der Waals surface area contributed by atoms with Gasteiger partial charge in [-0.15, -0.1) is 0 Å². The van der Waals surface area contributed by atoms with Crippen LogP contribution in [-0.4, -0.2) is 29.8 Å². The fraction of sp³-hybridized carbons (Fsp3) is 0.533. The molecule has 1 aromatic rings. The van der Waals surface area contributed by atoms with Gasteiger partial charge in [0.2, 0.25) is 0 Å². The second-order valence-electron chi connectivity index (χ2n) is 5.24. The minimum Gasteiger partial charge on any atom is -0.479 e. The van der Waals surface area contributed by atoms with Gasteiger partial charge in [-0.05, 0) is 31.9 Å². The minimum absolute atomic E-state index is 0.292. The molecule has 0 aliphatic heterocycles. The van der Waals surface area contributed by atoms with Crippen molar-refractivity contribution in [1.82, 2.24) is 0 Å². The Labute approximate surface area is 113 Å². The summed E-state index contributed by atoms with van der Waals surface area (Å²) in [4.78, 5) is 11.8. The molecule has 0 saturated heterocycles. The summed E-state index contributed by atoms with van der Waals surface area (Å²) in [6.07, 6.45) is 3.00. The van der Waals surface area contributed by atoms with Gasteiger partial charge in [0.25, 0.3) is 0 Å². The first-order valence-corrected chi connectivity index (χ1v) is 6.69. The second-order valence-corrected chi connectivity index (χ2v) is 5.24. The SMILES string of the molecule is COC1CCCCC1(Nc1ccc(C)cc1)C(=O)O. The van der Waals surface area contributed by atoms with E-state index in [0.717, 1.165) is 30.5 Å². The molecule has 0 aromatic heterocycles. The average molecular weight is 263 g/mol. The molecule has 2 rings (SSSR count). The highest BCUT2D eigenvalue weighted by atomic mass is 16.5. The van der Waals surface area contributed by atoms with E-state index in [9.17, 15) is 9.90 Å². The molecule has 104 valence electrons. The third-order valence-electron chi connectivity index (χ3n) is 3.92. The Balaban J connectivity index is 2.28. The molecule has 0 heterocycles. The van der Waals surface area contributed by atoms with E-state index in [4.69, 9.17) is 4.74 Å². The molecule has 1 aliphatic rings. The monoisotopic (exact) mass is 263 g/mol. The molecule has 0 radical (unpaired) electrons. The van der Waals surface area contributed by atoms with E-state index >= 15 is 0 Å². The van der Waals surface area contributed by atoms with Crippen molar-refractivity contribution in [3.05, 3.63) is 29.8 Å². The fourth-order valence-corrected chi connectivity index (χ4v) is 2.80. The molecule has 0 spiro atoms. The summed E-state index contributed by atoms with van der Waals surface area (Å²) >= 11 is 0. The van der Waals surface area contributed by atoms with E-state index in [-0.39, 0.29) is 6.10 Å². The number of carboxylic acid groups (broad SMARTS) is 1. The maximum absolute atomic E-state index is 11.8. The number of hydrogen-bond acceptors (Lipinski definition) is 3. The van der Waals surface area contributed by atoms with Crippen LogP contribution in [0.5, 0.6) is 0 Å². The van der Waals surface area contributed by atoms with Gasteiger partial charge in [0.1, 0.15) is 0 Å². The van der Waals surface area contributed by atoms with Crippen LogP contribution in [0.15, 0.2) is 24.3 Å². The van der Waals surface area contributed by atoms with Gasteiger partial charge in [-0.3, -0.25) is 0 Å². The van der Waals surface area contributed by atoms with Crippen LogP contribution in [0.1, 0.15) is 31.2 Å². The first-order chi connectivity index (χ1) is 9.08. The number of benzene rings is 1. The van der Waals surface area contributed by atoms with Gasteiger partial charge in [-0.1, -0.05) is 30.5 Å². The predicted molar refractivity (Wildman–Crippen MR) is 74.4 cm³/mol. The fourth-order valence-electron chi connectivity index (χ4n) is 2.80. The van der Waals surface area contributed by atoms with Crippen LogP contribution in [0.25, 0.3) is 0 Å². The zero-order valence-corrected chi connectivity index (χ0v) is 11.5. The summed E-state index contributed by atoms with van der Waals surface area (Å²) in [5, 5.41) is 12.9. The lowest BCUT2D eigenvalue weighted by molar-refractivity contribution is -0.149. The summed E-state index contributed by atoms with van der Waals surface area (Å²) in [6.45, 7) is 2.01. The van der Waals surface area contributed by atoms with Crippen molar-refractivity contribution in [1.29, 1.82) is 0 Å². The smallest absolute Gasteiger partial charge is 0.332 e. The molecular formula is C15H21NO3. The van der Waals surface area contributed by atoms with Crippen LogP contribution in [0.3, 0.4) is 0 Å².